The highest BCUT2D eigenvalue weighted by Gasteiger charge is 2.18. The van der Waals surface area contributed by atoms with Crippen LogP contribution in [0.2, 0.25) is 0 Å². The van der Waals surface area contributed by atoms with Gasteiger partial charge in [0, 0.05) is 30.1 Å². The highest BCUT2D eigenvalue weighted by molar-refractivity contribution is 6.04. The van der Waals surface area contributed by atoms with Crippen molar-refractivity contribution in [1.82, 2.24) is 4.98 Å². The van der Waals surface area contributed by atoms with E-state index in [1.165, 1.54) is 18.5 Å². The average molecular weight is 285 g/mol. The molecule has 2 heterocycles. The summed E-state index contributed by atoms with van der Waals surface area (Å²) in [5.74, 6) is -1.12. The summed E-state index contributed by atoms with van der Waals surface area (Å²) in [4.78, 5) is 27.1. The van der Waals surface area contributed by atoms with Crippen molar-refractivity contribution < 1.29 is 14.0 Å². The van der Waals surface area contributed by atoms with E-state index >= 15 is 0 Å². The van der Waals surface area contributed by atoms with Crippen LogP contribution in [-0.2, 0) is 11.2 Å². The van der Waals surface area contributed by atoms with Crippen LogP contribution in [-0.4, -0.2) is 16.8 Å². The summed E-state index contributed by atoms with van der Waals surface area (Å²) in [6.45, 7) is 0. The first-order chi connectivity index (χ1) is 10.1. The van der Waals surface area contributed by atoms with Gasteiger partial charge in [-0.15, -0.1) is 0 Å². The molecule has 0 bridgehead atoms. The number of amides is 2. The summed E-state index contributed by atoms with van der Waals surface area (Å²) in [7, 11) is 0. The molecule has 0 radical (unpaired) electrons. The topological polar surface area (TPSA) is 71.1 Å². The van der Waals surface area contributed by atoms with Gasteiger partial charge in [0.05, 0.1) is 5.69 Å². The number of anilines is 2. The molecule has 0 atom stereocenters. The Morgan fingerprint density at radius 2 is 2.00 bits per heavy atom. The van der Waals surface area contributed by atoms with Crippen molar-refractivity contribution in [2.24, 2.45) is 0 Å². The minimum absolute atomic E-state index is 0.103. The van der Waals surface area contributed by atoms with Crippen LogP contribution in [0.25, 0.3) is 0 Å². The lowest BCUT2D eigenvalue weighted by molar-refractivity contribution is -0.116. The lowest BCUT2D eigenvalue weighted by Gasteiger charge is -2.18. The predicted octanol–water partition coefficient (Wildman–Crippen LogP) is 2.36. The molecule has 3 rings (SSSR count). The summed E-state index contributed by atoms with van der Waals surface area (Å²) in [5.41, 5.74) is 1.77. The summed E-state index contributed by atoms with van der Waals surface area (Å²) >= 11 is 0. The van der Waals surface area contributed by atoms with Crippen LogP contribution in [0.15, 0.2) is 36.7 Å². The van der Waals surface area contributed by atoms with Gasteiger partial charge >= 0.3 is 0 Å². The molecule has 2 aromatic rings. The molecule has 0 spiro atoms. The Hall–Kier alpha value is -2.76. The van der Waals surface area contributed by atoms with Crippen LogP contribution in [0.1, 0.15) is 22.3 Å². The van der Waals surface area contributed by atoms with Crippen LogP contribution >= 0.6 is 0 Å². The zero-order chi connectivity index (χ0) is 14.8. The third-order valence-electron chi connectivity index (χ3n) is 3.28. The smallest absolute Gasteiger partial charge is 0.255 e. The Labute approximate surface area is 120 Å². The van der Waals surface area contributed by atoms with Crippen molar-refractivity contribution >= 4 is 23.2 Å². The van der Waals surface area contributed by atoms with Gasteiger partial charge in [0.25, 0.3) is 5.91 Å². The summed E-state index contributed by atoms with van der Waals surface area (Å²) in [6, 6.07) is 5.88. The predicted molar refractivity (Wildman–Crippen MR) is 75.5 cm³/mol. The maximum absolute atomic E-state index is 14.0. The number of carbonyl (C=O) groups is 2. The summed E-state index contributed by atoms with van der Waals surface area (Å²) in [6.07, 6.45) is 3.87. The molecule has 1 aliphatic heterocycles. The zero-order valence-corrected chi connectivity index (χ0v) is 11.0. The second-order valence-corrected chi connectivity index (χ2v) is 4.73. The number of fused-ring (bicyclic) bond motifs is 1. The first-order valence-electron chi connectivity index (χ1n) is 6.47. The molecule has 0 saturated carbocycles. The normalized spacial score (nSPS) is 13.3. The monoisotopic (exact) mass is 285 g/mol. The van der Waals surface area contributed by atoms with Crippen LogP contribution in [0, 0.1) is 5.82 Å². The molecule has 5 nitrogen and oxygen atoms in total. The molecule has 0 saturated heterocycles. The molecule has 0 aliphatic carbocycles. The van der Waals surface area contributed by atoms with E-state index in [0.717, 1.165) is 5.56 Å². The van der Waals surface area contributed by atoms with Gasteiger partial charge in [0.1, 0.15) is 5.82 Å². The molecule has 0 fully saturated rings. The van der Waals surface area contributed by atoms with E-state index in [9.17, 15) is 14.0 Å². The Kier molecular flexibility index (Phi) is 3.35. The largest absolute Gasteiger partial charge is 0.326 e. The number of rotatable bonds is 2. The number of aromatic nitrogens is 1. The fourth-order valence-electron chi connectivity index (χ4n) is 2.20. The Bertz CT molecular complexity index is 716. The lowest BCUT2D eigenvalue weighted by atomic mass is 10.0. The lowest BCUT2D eigenvalue weighted by Crippen LogP contribution is -2.20. The molecule has 1 aromatic carbocycles. The second kappa shape index (κ2) is 5.32. The number of carbonyl (C=O) groups excluding carboxylic acids is 2. The molecule has 0 unspecified atom stereocenters. The quantitative estimate of drug-likeness (QED) is 0.889. The van der Waals surface area contributed by atoms with Crippen molar-refractivity contribution in [3.63, 3.8) is 0 Å². The van der Waals surface area contributed by atoms with E-state index in [-0.39, 0.29) is 11.6 Å². The van der Waals surface area contributed by atoms with Crippen molar-refractivity contribution in [3.05, 3.63) is 53.6 Å². The Morgan fingerprint density at radius 1 is 1.24 bits per heavy atom. The number of nitrogens with one attached hydrogen (secondary N) is 2. The number of pyridine rings is 1. The molecule has 1 aliphatic rings. The van der Waals surface area contributed by atoms with Crippen molar-refractivity contribution in [2.75, 3.05) is 10.6 Å². The van der Waals surface area contributed by atoms with Crippen LogP contribution in [0.3, 0.4) is 0 Å². The fourth-order valence-corrected chi connectivity index (χ4v) is 2.20. The number of benzene rings is 1. The molecular formula is C15H12FN3O2. The molecule has 106 valence electrons. The van der Waals surface area contributed by atoms with Crippen LogP contribution < -0.4 is 10.6 Å². The van der Waals surface area contributed by atoms with E-state index in [2.05, 4.69) is 15.6 Å². The minimum Gasteiger partial charge on any atom is -0.326 e. The maximum Gasteiger partial charge on any atom is 0.255 e. The number of nitrogens with zero attached hydrogens (tertiary/aromatic N) is 1. The standard InChI is InChI=1S/C15H12FN3O2/c16-11-8-12-10(1-2-14(20)18-12)7-13(11)19-15(21)9-3-5-17-6-4-9/h3-8H,1-2H2,(H,18,20)(H,19,21). The van der Waals surface area contributed by atoms with Gasteiger partial charge in [0.15, 0.2) is 0 Å². The second-order valence-electron chi connectivity index (χ2n) is 4.73. The molecule has 2 N–H and O–H groups in total. The van der Waals surface area contributed by atoms with E-state index in [4.69, 9.17) is 0 Å². The Morgan fingerprint density at radius 3 is 2.76 bits per heavy atom. The fraction of sp³-hybridized carbons (Fsp3) is 0.133. The highest BCUT2D eigenvalue weighted by atomic mass is 19.1. The molecule has 2 amide bonds. The van der Waals surface area contributed by atoms with Crippen LogP contribution in [0.5, 0.6) is 0 Å². The zero-order valence-electron chi connectivity index (χ0n) is 11.0. The van der Waals surface area contributed by atoms with Gasteiger partial charge in [-0.1, -0.05) is 0 Å². The van der Waals surface area contributed by atoms with Gasteiger partial charge in [-0.2, -0.15) is 0 Å². The van der Waals surface area contributed by atoms with E-state index in [0.29, 0.717) is 24.1 Å². The van der Waals surface area contributed by atoms with Gasteiger partial charge in [0.2, 0.25) is 5.91 Å². The van der Waals surface area contributed by atoms with E-state index in [1.807, 2.05) is 0 Å². The number of aryl methyl sites for hydroxylation is 1. The number of halogens is 1. The molecular weight excluding hydrogens is 273 g/mol. The van der Waals surface area contributed by atoms with E-state index in [1.54, 1.807) is 18.2 Å². The third kappa shape index (κ3) is 2.74. The van der Waals surface area contributed by atoms with Crippen LogP contribution in [0.4, 0.5) is 15.8 Å². The minimum atomic E-state index is -0.585. The molecule has 6 heteroatoms. The van der Waals surface area contributed by atoms with E-state index < -0.39 is 11.7 Å². The summed E-state index contributed by atoms with van der Waals surface area (Å²) in [5, 5.41) is 5.15. The van der Waals surface area contributed by atoms with Gasteiger partial charge in [-0.25, -0.2) is 4.39 Å². The summed E-state index contributed by atoms with van der Waals surface area (Å²) < 4.78 is 14.0. The van der Waals surface area contributed by atoms with Crippen molar-refractivity contribution in [2.45, 2.75) is 12.8 Å². The third-order valence-corrected chi connectivity index (χ3v) is 3.28. The van der Waals surface area contributed by atoms with Gasteiger partial charge in [-0.3, -0.25) is 14.6 Å². The average Bonchev–Trinajstić information content (AvgIpc) is 2.49. The molecule has 21 heavy (non-hydrogen) atoms. The van der Waals surface area contributed by atoms with Gasteiger partial charge in [-0.05, 0) is 36.2 Å². The number of hydrogen-bond acceptors (Lipinski definition) is 3. The first kappa shape index (κ1) is 13.2. The Balaban J connectivity index is 1.86. The number of hydrogen-bond donors (Lipinski definition) is 2. The SMILES string of the molecule is O=C1CCc2cc(NC(=O)c3ccncc3)c(F)cc2N1. The first-order valence-corrected chi connectivity index (χ1v) is 6.47. The van der Waals surface area contributed by atoms with Gasteiger partial charge < -0.3 is 10.6 Å². The van der Waals surface area contributed by atoms with Crippen molar-refractivity contribution in [1.29, 1.82) is 0 Å². The maximum atomic E-state index is 14.0. The molecule has 1 aromatic heterocycles. The van der Waals surface area contributed by atoms with Crippen molar-refractivity contribution in [3.8, 4) is 0 Å². The highest BCUT2D eigenvalue weighted by Crippen LogP contribution is 2.28.